The molecule has 1 atom stereocenters. The molecule has 0 saturated heterocycles. The second-order valence-electron chi connectivity index (χ2n) is 1.64. The SMILES string of the molecule is CC(=O)OCC(O)CO.[NaH]. The Morgan fingerprint density at radius 2 is 2.20 bits per heavy atom. The molecule has 1 unspecified atom stereocenters. The van der Waals surface area contributed by atoms with Gasteiger partial charge in [0.25, 0.3) is 0 Å². The number of hydrogen-bond donors (Lipinski definition) is 2. The Labute approximate surface area is 81.5 Å². The van der Waals surface area contributed by atoms with E-state index in [9.17, 15) is 4.79 Å². The monoisotopic (exact) mass is 158 g/mol. The van der Waals surface area contributed by atoms with Gasteiger partial charge in [0, 0.05) is 6.92 Å². The summed E-state index contributed by atoms with van der Waals surface area (Å²) in [4.78, 5) is 10.0. The molecule has 10 heavy (non-hydrogen) atoms. The summed E-state index contributed by atoms with van der Waals surface area (Å²) in [6.07, 6.45) is -0.950. The Hall–Kier alpha value is 0.390. The van der Waals surface area contributed by atoms with E-state index in [4.69, 9.17) is 10.2 Å². The molecule has 2 N–H and O–H groups in total. The molecule has 0 aromatic carbocycles. The zero-order chi connectivity index (χ0) is 7.28. The summed E-state index contributed by atoms with van der Waals surface area (Å²) >= 11 is 0. The summed E-state index contributed by atoms with van der Waals surface area (Å²) in [6, 6.07) is 0. The van der Waals surface area contributed by atoms with Crippen molar-refractivity contribution in [1.29, 1.82) is 0 Å². The van der Waals surface area contributed by atoms with Crippen LogP contribution in [0, 0.1) is 0 Å². The van der Waals surface area contributed by atoms with Gasteiger partial charge >= 0.3 is 35.5 Å². The van der Waals surface area contributed by atoms with Crippen molar-refractivity contribution in [3.8, 4) is 0 Å². The Bertz CT molecular complexity index is 95.6. The average Bonchev–Trinajstić information content (AvgIpc) is 1.83. The van der Waals surface area contributed by atoms with E-state index in [1.165, 1.54) is 6.92 Å². The minimum absolute atomic E-state index is 0. The average molecular weight is 158 g/mol. The molecule has 0 radical (unpaired) electrons. The van der Waals surface area contributed by atoms with Crippen LogP contribution in [-0.4, -0.2) is 65.1 Å². The Balaban J connectivity index is 0. The van der Waals surface area contributed by atoms with E-state index in [0.717, 1.165) is 0 Å². The fourth-order valence-electron chi connectivity index (χ4n) is 0.266. The van der Waals surface area contributed by atoms with Crippen LogP contribution in [0.3, 0.4) is 0 Å². The van der Waals surface area contributed by atoms with Gasteiger partial charge < -0.3 is 14.9 Å². The van der Waals surface area contributed by atoms with Gasteiger partial charge in [0.05, 0.1) is 6.61 Å². The second kappa shape index (κ2) is 7.50. The molecule has 0 bridgehead atoms. The van der Waals surface area contributed by atoms with Crippen LogP contribution in [0.2, 0.25) is 0 Å². The van der Waals surface area contributed by atoms with Gasteiger partial charge in [-0.3, -0.25) is 4.79 Å². The molecule has 0 aliphatic carbocycles. The first kappa shape index (κ1) is 13.0. The summed E-state index contributed by atoms with van der Waals surface area (Å²) in [5, 5.41) is 16.8. The first-order valence-corrected chi connectivity index (χ1v) is 2.59. The molecule has 0 spiro atoms. The van der Waals surface area contributed by atoms with Crippen LogP contribution in [0.5, 0.6) is 0 Å². The van der Waals surface area contributed by atoms with Gasteiger partial charge in [-0.25, -0.2) is 0 Å². The fraction of sp³-hybridized carbons (Fsp3) is 0.800. The van der Waals surface area contributed by atoms with Gasteiger partial charge in [-0.1, -0.05) is 0 Å². The van der Waals surface area contributed by atoms with E-state index in [-0.39, 0.29) is 42.8 Å². The van der Waals surface area contributed by atoms with Crippen molar-refractivity contribution in [3.63, 3.8) is 0 Å². The van der Waals surface area contributed by atoms with Crippen LogP contribution in [0.4, 0.5) is 0 Å². The van der Waals surface area contributed by atoms with Crippen molar-refractivity contribution in [2.24, 2.45) is 0 Å². The van der Waals surface area contributed by atoms with Crippen LogP contribution in [0.15, 0.2) is 0 Å². The van der Waals surface area contributed by atoms with Crippen molar-refractivity contribution in [1.82, 2.24) is 0 Å². The van der Waals surface area contributed by atoms with E-state index in [1.807, 2.05) is 0 Å². The number of carbonyl (C=O) groups is 1. The number of aliphatic hydroxyl groups is 2. The van der Waals surface area contributed by atoms with Crippen molar-refractivity contribution >= 4 is 35.5 Å². The molecule has 0 saturated carbocycles. The van der Waals surface area contributed by atoms with Gasteiger partial charge in [-0.15, -0.1) is 0 Å². The van der Waals surface area contributed by atoms with Gasteiger partial charge in [-0.2, -0.15) is 0 Å². The number of aliphatic hydroxyl groups excluding tert-OH is 2. The molecule has 56 valence electrons. The molecule has 0 aliphatic rings. The molecular weight excluding hydrogens is 147 g/mol. The third-order valence-electron chi connectivity index (χ3n) is 0.690. The van der Waals surface area contributed by atoms with Gasteiger partial charge in [0.2, 0.25) is 0 Å². The van der Waals surface area contributed by atoms with E-state index in [2.05, 4.69) is 4.74 Å². The molecule has 0 aromatic rings. The Kier molecular flexibility index (Phi) is 9.76. The Morgan fingerprint density at radius 3 is 2.50 bits per heavy atom. The van der Waals surface area contributed by atoms with Crippen molar-refractivity contribution < 1.29 is 19.7 Å². The molecular formula is C5H11NaO4. The van der Waals surface area contributed by atoms with Crippen LogP contribution in [0.1, 0.15) is 6.92 Å². The van der Waals surface area contributed by atoms with Crippen LogP contribution in [-0.2, 0) is 9.53 Å². The quantitative estimate of drug-likeness (QED) is 0.377. The number of rotatable bonds is 3. The number of hydrogen-bond acceptors (Lipinski definition) is 4. The zero-order valence-corrected chi connectivity index (χ0v) is 5.20. The Morgan fingerprint density at radius 1 is 1.70 bits per heavy atom. The molecule has 0 aromatic heterocycles. The number of carbonyl (C=O) groups excluding carboxylic acids is 1. The predicted molar refractivity (Wildman–Crippen MR) is 36.9 cm³/mol. The van der Waals surface area contributed by atoms with Gasteiger partial charge in [0.1, 0.15) is 12.7 Å². The third-order valence-corrected chi connectivity index (χ3v) is 0.690. The van der Waals surface area contributed by atoms with Crippen LogP contribution >= 0.6 is 0 Å². The number of esters is 1. The fourth-order valence-corrected chi connectivity index (χ4v) is 0.266. The summed E-state index contributed by atoms with van der Waals surface area (Å²) < 4.78 is 4.35. The van der Waals surface area contributed by atoms with Crippen LogP contribution < -0.4 is 0 Å². The molecule has 4 nitrogen and oxygen atoms in total. The molecule has 0 rings (SSSR count). The molecule has 0 amide bonds. The maximum atomic E-state index is 10.0. The maximum absolute atomic E-state index is 10.0. The zero-order valence-electron chi connectivity index (χ0n) is 5.20. The normalized spacial score (nSPS) is 11.5. The first-order chi connectivity index (χ1) is 4.16. The van der Waals surface area contributed by atoms with E-state index >= 15 is 0 Å². The molecule has 0 aliphatic heterocycles. The molecule has 5 heteroatoms. The van der Waals surface area contributed by atoms with Gasteiger partial charge in [-0.05, 0) is 0 Å². The first-order valence-electron chi connectivity index (χ1n) is 2.59. The van der Waals surface area contributed by atoms with E-state index < -0.39 is 12.1 Å². The van der Waals surface area contributed by atoms with Crippen LogP contribution in [0.25, 0.3) is 0 Å². The second-order valence-corrected chi connectivity index (χ2v) is 1.64. The third kappa shape index (κ3) is 8.39. The molecule has 0 fully saturated rings. The van der Waals surface area contributed by atoms with E-state index in [0.29, 0.717) is 0 Å². The van der Waals surface area contributed by atoms with E-state index in [1.54, 1.807) is 0 Å². The minimum atomic E-state index is -0.950. The summed E-state index contributed by atoms with van der Waals surface area (Å²) in [7, 11) is 0. The van der Waals surface area contributed by atoms with Crippen molar-refractivity contribution in [2.75, 3.05) is 13.2 Å². The summed E-state index contributed by atoms with van der Waals surface area (Å²) in [5.74, 6) is -0.456. The predicted octanol–water partition coefficient (Wildman–Crippen LogP) is -1.75. The van der Waals surface area contributed by atoms with Gasteiger partial charge in [0.15, 0.2) is 0 Å². The summed E-state index contributed by atoms with van der Waals surface area (Å²) in [6.45, 7) is 0.725. The standard InChI is InChI=1S/C5H10O4.Na.H/c1-4(7)9-3-5(8)2-6;;/h5-6,8H,2-3H2,1H3;;. The van der Waals surface area contributed by atoms with Crippen molar-refractivity contribution in [3.05, 3.63) is 0 Å². The number of ether oxygens (including phenoxy) is 1. The van der Waals surface area contributed by atoms with Crippen molar-refractivity contribution in [2.45, 2.75) is 13.0 Å². The topological polar surface area (TPSA) is 66.8 Å². The molecule has 0 heterocycles. The summed E-state index contributed by atoms with van der Waals surface area (Å²) in [5.41, 5.74) is 0.